The van der Waals surface area contributed by atoms with Crippen LogP contribution in [0.1, 0.15) is 26.3 Å². The summed E-state index contributed by atoms with van der Waals surface area (Å²) in [6.07, 6.45) is 3.68. The number of carboxylic acids is 1. The van der Waals surface area contributed by atoms with Crippen LogP contribution in [0.3, 0.4) is 0 Å². The molecule has 1 aromatic heterocycles. The molecule has 3 nitrogen and oxygen atoms in total. The van der Waals surface area contributed by atoms with Crippen molar-refractivity contribution in [1.29, 1.82) is 0 Å². The van der Waals surface area contributed by atoms with Crippen molar-refractivity contribution in [3.63, 3.8) is 0 Å². The van der Waals surface area contributed by atoms with Gasteiger partial charge < -0.3 is 9.67 Å². The fourth-order valence-corrected chi connectivity index (χ4v) is 1.14. The van der Waals surface area contributed by atoms with Gasteiger partial charge in [0.05, 0.1) is 0 Å². The van der Waals surface area contributed by atoms with E-state index in [1.807, 2.05) is 12.3 Å². The van der Waals surface area contributed by atoms with Crippen molar-refractivity contribution in [2.75, 3.05) is 0 Å². The zero-order chi connectivity index (χ0) is 10.1. The molecule has 1 heterocycles. The molecule has 13 heavy (non-hydrogen) atoms. The van der Waals surface area contributed by atoms with Crippen LogP contribution in [0, 0.1) is 0 Å². The minimum atomic E-state index is -0.809. The second-order valence-electron chi connectivity index (χ2n) is 4.22. The predicted octanol–water partition coefficient (Wildman–Crippen LogP) is 1.87. The first kappa shape index (κ1) is 9.84. The van der Waals surface area contributed by atoms with Crippen LogP contribution >= 0.6 is 0 Å². The zero-order valence-corrected chi connectivity index (χ0v) is 8.24. The summed E-state index contributed by atoms with van der Waals surface area (Å²) >= 11 is 0. The molecule has 0 fully saturated rings. The fourth-order valence-electron chi connectivity index (χ4n) is 1.14. The van der Waals surface area contributed by atoms with Gasteiger partial charge in [-0.1, -0.05) is 20.8 Å². The molecule has 0 bridgehead atoms. The van der Waals surface area contributed by atoms with Gasteiger partial charge in [-0.3, -0.25) is 4.79 Å². The number of carbonyl (C=O) groups is 1. The molecule has 1 N–H and O–H groups in total. The number of rotatable bonds is 2. The van der Waals surface area contributed by atoms with Gasteiger partial charge in [0, 0.05) is 12.4 Å². The normalized spacial score (nSPS) is 11.6. The Morgan fingerprint density at radius 3 is 2.54 bits per heavy atom. The average Bonchev–Trinajstić information content (AvgIpc) is 2.32. The van der Waals surface area contributed by atoms with Crippen LogP contribution in [0.2, 0.25) is 0 Å². The summed E-state index contributed by atoms with van der Waals surface area (Å²) in [6.45, 7) is 6.35. The molecule has 0 unspecified atom stereocenters. The van der Waals surface area contributed by atoms with Gasteiger partial charge in [-0.05, 0) is 17.0 Å². The van der Waals surface area contributed by atoms with E-state index < -0.39 is 5.97 Å². The molecule has 0 aromatic carbocycles. The monoisotopic (exact) mass is 181 g/mol. The highest BCUT2D eigenvalue weighted by atomic mass is 16.4. The maximum absolute atomic E-state index is 10.4. The van der Waals surface area contributed by atoms with Gasteiger partial charge in [-0.2, -0.15) is 0 Å². The number of hydrogen-bond donors (Lipinski definition) is 1. The Bertz CT molecular complexity index is 307. The molecular formula is C10H15NO2. The Morgan fingerprint density at radius 1 is 1.54 bits per heavy atom. The third-order valence-corrected chi connectivity index (χ3v) is 1.93. The summed E-state index contributed by atoms with van der Waals surface area (Å²) in [5.41, 5.74) is 1.25. The third-order valence-electron chi connectivity index (χ3n) is 1.93. The first-order valence-corrected chi connectivity index (χ1v) is 4.27. The number of aromatic nitrogens is 1. The minimum absolute atomic E-state index is 0.0378. The highest BCUT2D eigenvalue weighted by Gasteiger charge is 2.14. The van der Waals surface area contributed by atoms with Crippen LogP contribution in [-0.4, -0.2) is 15.6 Å². The van der Waals surface area contributed by atoms with Crippen molar-refractivity contribution in [3.8, 4) is 0 Å². The molecular weight excluding hydrogens is 166 g/mol. The van der Waals surface area contributed by atoms with E-state index in [1.54, 1.807) is 10.8 Å². The van der Waals surface area contributed by atoms with Crippen LogP contribution in [0.5, 0.6) is 0 Å². The van der Waals surface area contributed by atoms with Crippen LogP contribution in [0.4, 0.5) is 0 Å². The smallest absolute Gasteiger partial charge is 0.323 e. The Hall–Kier alpha value is -1.25. The summed E-state index contributed by atoms with van der Waals surface area (Å²) in [6, 6.07) is 1.96. The van der Waals surface area contributed by atoms with Crippen molar-refractivity contribution in [3.05, 3.63) is 24.0 Å². The summed E-state index contributed by atoms with van der Waals surface area (Å²) in [5.74, 6) is -0.809. The fraction of sp³-hybridized carbons (Fsp3) is 0.500. The van der Waals surface area contributed by atoms with E-state index in [0.29, 0.717) is 0 Å². The number of hydrogen-bond acceptors (Lipinski definition) is 1. The van der Waals surface area contributed by atoms with E-state index in [-0.39, 0.29) is 12.0 Å². The van der Waals surface area contributed by atoms with Gasteiger partial charge in [-0.15, -0.1) is 0 Å². The lowest BCUT2D eigenvalue weighted by Crippen LogP contribution is -2.11. The molecule has 0 atom stereocenters. The molecule has 0 aliphatic rings. The van der Waals surface area contributed by atoms with Gasteiger partial charge in [0.25, 0.3) is 0 Å². The van der Waals surface area contributed by atoms with Crippen LogP contribution < -0.4 is 0 Å². The Labute approximate surface area is 78.0 Å². The predicted molar refractivity (Wildman–Crippen MR) is 50.8 cm³/mol. The van der Waals surface area contributed by atoms with Crippen LogP contribution in [0.15, 0.2) is 18.5 Å². The highest BCUT2D eigenvalue weighted by molar-refractivity contribution is 5.66. The van der Waals surface area contributed by atoms with Crippen molar-refractivity contribution >= 4 is 5.97 Å². The summed E-state index contributed by atoms with van der Waals surface area (Å²) in [4.78, 5) is 10.4. The molecule has 0 radical (unpaired) electrons. The average molecular weight is 181 g/mol. The standard InChI is InChI=1S/C10H15NO2/c1-10(2,3)8-4-5-11(6-8)7-9(12)13/h4-6H,7H2,1-3H3,(H,12,13). The number of aliphatic carboxylic acids is 1. The molecule has 72 valence electrons. The summed E-state index contributed by atoms with van der Waals surface area (Å²) in [5, 5.41) is 8.56. The maximum Gasteiger partial charge on any atom is 0.323 e. The SMILES string of the molecule is CC(C)(C)c1ccn(CC(=O)O)c1. The zero-order valence-electron chi connectivity index (χ0n) is 8.24. The first-order chi connectivity index (χ1) is 5.89. The van der Waals surface area contributed by atoms with E-state index >= 15 is 0 Å². The molecule has 1 rings (SSSR count). The summed E-state index contributed by atoms with van der Waals surface area (Å²) < 4.78 is 1.68. The second kappa shape index (κ2) is 3.24. The van der Waals surface area contributed by atoms with Gasteiger partial charge in [-0.25, -0.2) is 0 Å². The van der Waals surface area contributed by atoms with Crippen molar-refractivity contribution < 1.29 is 9.90 Å². The van der Waals surface area contributed by atoms with Gasteiger partial charge in [0.15, 0.2) is 0 Å². The first-order valence-electron chi connectivity index (χ1n) is 4.27. The molecule has 1 aromatic rings. The van der Waals surface area contributed by atoms with Gasteiger partial charge in [0.1, 0.15) is 6.54 Å². The largest absolute Gasteiger partial charge is 0.480 e. The molecule has 0 aliphatic heterocycles. The minimum Gasteiger partial charge on any atom is -0.480 e. The topological polar surface area (TPSA) is 42.2 Å². The maximum atomic E-state index is 10.4. The lowest BCUT2D eigenvalue weighted by atomic mass is 9.89. The highest BCUT2D eigenvalue weighted by Crippen LogP contribution is 2.21. The second-order valence-corrected chi connectivity index (χ2v) is 4.22. The Balaban J connectivity index is 2.81. The van der Waals surface area contributed by atoms with Crippen molar-refractivity contribution in [1.82, 2.24) is 4.57 Å². The van der Waals surface area contributed by atoms with Crippen LogP contribution in [0.25, 0.3) is 0 Å². The lowest BCUT2D eigenvalue weighted by molar-refractivity contribution is -0.137. The van der Waals surface area contributed by atoms with Crippen LogP contribution in [-0.2, 0) is 16.8 Å². The van der Waals surface area contributed by atoms with Crippen molar-refractivity contribution in [2.45, 2.75) is 32.7 Å². The number of nitrogens with zero attached hydrogens (tertiary/aromatic N) is 1. The van der Waals surface area contributed by atoms with Gasteiger partial charge in [0.2, 0.25) is 0 Å². The Morgan fingerprint density at radius 2 is 2.15 bits per heavy atom. The molecule has 0 saturated carbocycles. The molecule has 0 aliphatic carbocycles. The lowest BCUT2D eigenvalue weighted by Gasteiger charge is -2.15. The van der Waals surface area contributed by atoms with E-state index in [1.165, 1.54) is 0 Å². The summed E-state index contributed by atoms with van der Waals surface area (Å²) in [7, 11) is 0. The molecule has 3 heteroatoms. The van der Waals surface area contributed by atoms with E-state index in [4.69, 9.17) is 5.11 Å². The molecule has 0 amide bonds. The van der Waals surface area contributed by atoms with E-state index in [9.17, 15) is 4.79 Å². The third kappa shape index (κ3) is 2.61. The van der Waals surface area contributed by atoms with Gasteiger partial charge >= 0.3 is 5.97 Å². The molecule has 0 spiro atoms. The molecule has 0 saturated heterocycles. The van der Waals surface area contributed by atoms with E-state index in [2.05, 4.69) is 20.8 Å². The van der Waals surface area contributed by atoms with Crippen molar-refractivity contribution in [2.24, 2.45) is 0 Å². The Kier molecular flexibility index (Phi) is 2.45. The van der Waals surface area contributed by atoms with E-state index in [0.717, 1.165) is 5.56 Å². The number of carboxylic acid groups (broad SMARTS) is 1. The quantitative estimate of drug-likeness (QED) is 0.756.